The van der Waals surface area contributed by atoms with Crippen molar-refractivity contribution in [2.24, 2.45) is 0 Å². The minimum Gasteiger partial charge on any atom is -0.446 e. The smallest absolute Gasteiger partial charge is 0.414 e. The van der Waals surface area contributed by atoms with E-state index in [1.807, 2.05) is 25.1 Å². The van der Waals surface area contributed by atoms with Crippen LogP contribution in [0.15, 0.2) is 22.7 Å². The Morgan fingerprint density at radius 2 is 1.91 bits per heavy atom. The lowest BCUT2D eigenvalue weighted by molar-refractivity contribution is -0.117. The highest BCUT2D eigenvalue weighted by atomic mass is 79.9. The van der Waals surface area contributed by atoms with Crippen molar-refractivity contribution in [1.29, 1.82) is 0 Å². The van der Waals surface area contributed by atoms with E-state index in [2.05, 4.69) is 15.9 Å². The zero-order chi connectivity index (χ0) is 16.6. The van der Waals surface area contributed by atoms with E-state index in [0.717, 1.165) is 41.5 Å². The van der Waals surface area contributed by atoms with E-state index in [1.165, 1.54) is 0 Å². The summed E-state index contributed by atoms with van der Waals surface area (Å²) in [5.74, 6) is -0.0233. The third-order valence-electron chi connectivity index (χ3n) is 4.50. The molecular formula is C17H21BrN2O3. The minimum atomic E-state index is -0.314. The van der Waals surface area contributed by atoms with Gasteiger partial charge >= 0.3 is 6.09 Å². The van der Waals surface area contributed by atoms with E-state index in [0.29, 0.717) is 6.54 Å². The van der Waals surface area contributed by atoms with Crippen LogP contribution in [0.4, 0.5) is 16.2 Å². The maximum atomic E-state index is 12.6. The molecule has 1 aromatic carbocycles. The number of ether oxygens (including phenoxy) is 1. The standard InChI is InChI=1S/C17H21BrN2O3/c1-11-10-19(17(22)23-14-5-3-4-6-14)16-9-13(18)7-8-15(16)20(11)12(2)21/h7-9,11,14H,3-6,10H2,1-2H3/t11-/m0/s1. The number of fused-ring (bicyclic) bond motifs is 1. The summed E-state index contributed by atoms with van der Waals surface area (Å²) < 4.78 is 6.53. The second-order valence-electron chi connectivity index (χ2n) is 6.27. The maximum Gasteiger partial charge on any atom is 0.414 e. The van der Waals surface area contributed by atoms with Crippen LogP contribution in [0.5, 0.6) is 0 Å². The van der Waals surface area contributed by atoms with Crippen LogP contribution in [-0.2, 0) is 9.53 Å². The quantitative estimate of drug-likeness (QED) is 0.736. The van der Waals surface area contributed by atoms with Crippen LogP contribution in [0.2, 0.25) is 0 Å². The summed E-state index contributed by atoms with van der Waals surface area (Å²) >= 11 is 3.45. The average molecular weight is 381 g/mol. The van der Waals surface area contributed by atoms with Gasteiger partial charge < -0.3 is 9.64 Å². The minimum absolute atomic E-state index is 0.0233. The van der Waals surface area contributed by atoms with Crippen molar-refractivity contribution < 1.29 is 14.3 Å². The number of benzene rings is 1. The first-order valence-electron chi connectivity index (χ1n) is 8.05. The van der Waals surface area contributed by atoms with Gasteiger partial charge in [-0.1, -0.05) is 15.9 Å². The van der Waals surface area contributed by atoms with Gasteiger partial charge in [0.1, 0.15) is 6.10 Å². The fourth-order valence-corrected chi connectivity index (χ4v) is 3.81. The zero-order valence-electron chi connectivity index (χ0n) is 13.4. The third-order valence-corrected chi connectivity index (χ3v) is 5.00. The van der Waals surface area contributed by atoms with Gasteiger partial charge in [-0.2, -0.15) is 0 Å². The van der Waals surface area contributed by atoms with Gasteiger partial charge in [-0.25, -0.2) is 4.79 Å². The van der Waals surface area contributed by atoms with Crippen molar-refractivity contribution in [2.45, 2.75) is 51.7 Å². The van der Waals surface area contributed by atoms with E-state index in [4.69, 9.17) is 4.74 Å². The fraction of sp³-hybridized carbons (Fsp3) is 0.529. The number of amides is 2. The van der Waals surface area contributed by atoms with Crippen LogP contribution >= 0.6 is 15.9 Å². The normalized spacial score (nSPS) is 21.3. The summed E-state index contributed by atoms with van der Waals surface area (Å²) in [6, 6.07) is 5.53. The number of carbonyl (C=O) groups excluding carboxylic acids is 2. The molecule has 0 bridgehead atoms. The van der Waals surface area contributed by atoms with Gasteiger partial charge in [0, 0.05) is 17.9 Å². The molecule has 3 rings (SSSR count). The predicted octanol–water partition coefficient (Wildman–Crippen LogP) is 4.09. The van der Waals surface area contributed by atoms with Crippen LogP contribution in [0.1, 0.15) is 39.5 Å². The highest BCUT2D eigenvalue weighted by molar-refractivity contribution is 9.10. The summed E-state index contributed by atoms with van der Waals surface area (Å²) in [6.45, 7) is 3.94. The molecule has 1 atom stereocenters. The molecule has 1 aliphatic carbocycles. The summed E-state index contributed by atoms with van der Waals surface area (Å²) in [5, 5.41) is 0. The summed E-state index contributed by atoms with van der Waals surface area (Å²) in [7, 11) is 0. The van der Waals surface area contributed by atoms with Gasteiger partial charge in [-0.15, -0.1) is 0 Å². The molecule has 1 aliphatic heterocycles. The lowest BCUT2D eigenvalue weighted by Gasteiger charge is -2.40. The van der Waals surface area contributed by atoms with Crippen molar-refractivity contribution in [2.75, 3.05) is 16.3 Å². The molecule has 1 heterocycles. The van der Waals surface area contributed by atoms with Crippen LogP contribution in [0, 0.1) is 0 Å². The first-order valence-corrected chi connectivity index (χ1v) is 8.84. The Balaban J connectivity index is 1.91. The fourth-order valence-electron chi connectivity index (χ4n) is 3.46. The Labute approximate surface area is 144 Å². The van der Waals surface area contributed by atoms with Crippen molar-refractivity contribution in [3.05, 3.63) is 22.7 Å². The van der Waals surface area contributed by atoms with E-state index in [-0.39, 0.29) is 24.1 Å². The van der Waals surface area contributed by atoms with Crippen LogP contribution in [0.25, 0.3) is 0 Å². The van der Waals surface area contributed by atoms with Crippen molar-refractivity contribution >= 4 is 39.3 Å². The van der Waals surface area contributed by atoms with E-state index in [1.54, 1.807) is 16.7 Å². The molecule has 1 aromatic rings. The number of halogens is 1. The molecule has 5 nitrogen and oxygen atoms in total. The molecule has 0 spiro atoms. The molecule has 0 aromatic heterocycles. The number of carbonyl (C=O) groups is 2. The molecule has 6 heteroatoms. The molecule has 0 radical (unpaired) electrons. The van der Waals surface area contributed by atoms with Crippen molar-refractivity contribution in [3.63, 3.8) is 0 Å². The Kier molecular flexibility index (Phi) is 4.62. The maximum absolute atomic E-state index is 12.6. The molecule has 2 aliphatic rings. The molecule has 23 heavy (non-hydrogen) atoms. The largest absolute Gasteiger partial charge is 0.446 e. The monoisotopic (exact) mass is 380 g/mol. The molecule has 0 unspecified atom stereocenters. The van der Waals surface area contributed by atoms with E-state index < -0.39 is 0 Å². The highest BCUT2D eigenvalue weighted by Crippen LogP contribution is 2.38. The van der Waals surface area contributed by atoms with Gasteiger partial charge in [0.05, 0.1) is 17.4 Å². The second-order valence-corrected chi connectivity index (χ2v) is 7.19. The number of hydrogen-bond donors (Lipinski definition) is 0. The third kappa shape index (κ3) is 3.22. The zero-order valence-corrected chi connectivity index (χ0v) is 15.0. The average Bonchev–Trinajstić information content (AvgIpc) is 2.99. The lowest BCUT2D eigenvalue weighted by Crippen LogP contribution is -2.51. The van der Waals surface area contributed by atoms with Gasteiger partial charge in [0.25, 0.3) is 0 Å². The van der Waals surface area contributed by atoms with Crippen LogP contribution < -0.4 is 9.80 Å². The molecular weight excluding hydrogens is 360 g/mol. The predicted molar refractivity (Wildman–Crippen MR) is 92.8 cm³/mol. The summed E-state index contributed by atoms with van der Waals surface area (Å²) in [6.07, 6.45) is 3.84. The number of anilines is 2. The Bertz CT molecular complexity index is 628. The topological polar surface area (TPSA) is 49.9 Å². The molecule has 0 N–H and O–H groups in total. The van der Waals surface area contributed by atoms with E-state index in [9.17, 15) is 9.59 Å². The van der Waals surface area contributed by atoms with Crippen molar-refractivity contribution in [1.82, 2.24) is 0 Å². The van der Waals surface area contributed by atoms with E-state index >= 15 is 0 Å². The molecule has 2 amide bonds. The molecule has 124 valence electrons. The molecule has 1 fully saturated rings. The number of rotatable bonds is 1. The number of nitrogens with zero attached hydrogens (tertiary/aromatic N) is 2. The Morgan fingerprint density at radius 1 is 1.22 bits per heavy atom. The van der Waals surface area contributed by atoms with Crippen molar-refractivity contribution in [3.8, 4) is 0 Å². The Morgan fingerprint density at radius 3 is 2.57 bits per heavy atom. The van der Waals surface area contributed by atoms with Crippen LogP contribution in [-0.4, -0.2) is 30.7 Å². The van der Waals surface area contributed by atoms with Gasteiger partial charge in [-0.3, -0.25) is 9.69 Å². The van der Waals surface area contributed by atoms with Gasteiger partial charge in [0.15, 0.2) is 0 Å². The van der Waals surface area contributed by atoms with Crippen LogP contribution in [0.3, 0.4) is 0 Å². The SMILES string of the molecule is CC(=O)N1c2ccc(Br)cc2N(C(=O)OC2CCCC2)C[C@@H]1C. The van der Waals surface area contributed by atoms with Gasteiger partial charge in [0.2, 0.25) is 5.91 Å². The highest BCUT2D eigenvalue weighted by Gasteiger charge is 2.35. The summed E-state index contributed by atoms with van der Waals surface area (Å²) in [4.78, 5) is 28.0. The second kappa shape index (κ2) is 6.51. The first-order chi connectivity index (χ1) is 11.0. The van der Waals surface area contributed by atoms with Gasteiger partial charge in [-0.05, 0) is 50.8 Å². The Hall–Kier alpha value is -1.56. The molecule has 0 saturated heterocycles. The lowest BCUT2D eigenvalue weighted by atomic mass is 10.1. The summed E-state index contributed by atoms with van der Waals surface area (Å²) in [5.41, 5.74) is 1.47. The molecule has 1 saturated carbocycles. The first kappa shape index (κ1) is 16.3. The number of hydrogen-bond acceptors (Lipinski definition) is 3.